The van der Waals surface area contributed by atoms with E-state index in [4.69, 9.17) is 11.6 Å². The molecule has 0 aliphatic rings. The lowest BCUT2D eigenvalue weighted by atomic mass is 10.3. The second-order valence-corrected chi connectivity index (χ2v) is 6.35. The summed E-state index contributed by atoms with van der Waals surface area (Å²) in [5.41, 5.74) is 0.718. The molecule has 0 bridgehead atoms. The van der Waals surface area contributed by atoms with Gasteiger partial charge in [-0.05, 0) is 19.1 Å². The molecule has 0 amide bonds. The van der Waals surface area contributed by atoms with Crippen LogP contribution in [0.1, 0.15) is 12.6 Å². The van der Waals surface area contributed by atoms with Gasteiger partial charge in [0, 0.05) is 19.1 Å². The lowest BCUT2D eigenvalue weighted by molar-refractivity contribution is 0.455. The summed E-state index contributed by atoms with van der Waals surface area (Å²) in [6, 6.07) is 5.41. The van der Waals surface area contributed by atoms with Gasteiger partial charge in [0.2, 0.25) is 10.0 Å². The Labute approximate surface area is 101 Å². The maximum atomic E-state index is 11.9. The maximum Gasteiger partial charge on any atom is 0.217 e. The van der Waals surface area contributed by atoms with Crippen LogP contribution in [0.4, 0.5) is 0 Å². The summed E-state index contributed by atoms with van der Waals surface area (Å²) in [5.74, 6) is 0.0922. The molecular weight excluding hydrogens is 248 g/mol. The number of sulfonamides is 1. The molecule has 6 heteroatoms. The first-order valence-corrected chi connectivity index (χ1v) is 6.93. The van der Waals surface area contributed by atoms with Crippen molar-refractivity contribution in [2.24, 2.45) is 0 Å². The summed E-state index contributed by atoms with van der Waals surface area (Å²) in [5, 5.41) is -0.581. The molecule has 0 saturated heterocycles. The molecule has 0 fully saturated rings. The number of hydrogen-bond acceptors (Lipinski definition) is 3. The number of pyridine rings is 1. The Balaban J connectivity index is 2.77. The highest BCUT2D eigenvalue weighted by atomic mass is 35.5. The normalized spacial score (nSPS) is 14.0. The van der Waals surface area contributed by atoms with E-state index in [2.05, 4.69) is 4.98 Å². The Morgan fingerprint density at radius 1 is 1.50 bits per heavy atom. The maximum absolute atomic E-state index is 11.9. The van der Waals surface area contributed by atoms with Crippen molar-refractivity contribution in [1.82, 2.24) is 9.29 Å². The third-order valence-electron chi connectivity index (χ3n) is 2.27. The van der Waals surface area contributed by atoms with E-state index in [9.17, 15) is 8.42 Å². The number of nitrogens with zero attached hydrogens (tertiary/aromatic N) is 2. The molecule has 0 saturated carbocycles. The van der Waals surface area contributed by atoms with Crippen LogP contribution in [0, 0.1) is 0 Å². The van der Waals surface area contributed by atoms with Crippen molar-refractivity contribution in [3.8, 4) is 0 Å². The highest BCUT2D eigenvalue weighted by Crippen LogP contribution is 2.11. The van der Waals surface area contributed by atoms with Crippen LogP contribution in [0.25, 0.3) is 0 Å². The predicted molar refractivity (Wildman–Crippen MR) is 64.8 cm³/mol. The molecule has 16 heavy (non-hydrogen) atoms. The minimum atomic E-state index is -3.33. The molecule has 0 aromatic carbocycles. The highest BCUT2D eigenvalue weighted by molar-refractivity contribution is 7.89. The Morgan fingerprint density at radius 2 is 2.19 bits per heavy atom. The van der Waals surface area contributed by atoms with Gasteiger partial charge in [0.25, 0.3) is 0 Å². The Morgan fingerprint density at radius 3 is 2.69 bits per heavy atom. The molecule has 0 aliphatic carbocycles. The average Bonchev–Trinajstić information content (AvgIpc) is 2.29. The summed E-state index contributed by atoms with van der Waals surface area (Å²) in [7, 11) is -1.79. The molecule has 90 valence electrons. The average molecular weight is 263 g/mol. The quantitative estimate of drug-likeness (QED) is 0.755. The van der Waals surface area contributed by atoms with Gasteiger partial charge in [0.05, 0.1) is 17.5 Å². The van der Waals surface area contributed by atoms with Crippen molar-refractivity contribution in [3.63, 3.8) is 0 Å². The number of rotatable bonds is 5. The van der Waals surface area contributed by atoms with Gasteiger partial charge < -0.3 is 0 Å². The first kappa shape index (κ1) is 13.4. The fourth-order valence-corrected chi connectivity index (χ4v) is 2.76. The molecular formula is C10H15ClN2O2S. The van der Waals surface area contributed by atoms with E-state index in [0.29, 0.717) is 0 Å². The van der Waals surface area contributed by atoms with Crippen molar-refractivity contribution in [2.75, 3.05) is 12.9 Å². The zero-order valence-corrected chi connectivity index (χ0v) is 10.9. The van der Waals surface area contributed by atoms with Crippen molar-refractivity contribution in [2.45, 2.75) is 18.7 Å². The molecule has 1 rings (SSSR count). The largest absolute Gasteiger partial charge is 0.260 e. The summed E-state index contributed by atoms with van der Waals surface area (Å²) in [4.78, 5) is 4.08. The zero-order chi connectivity index (χ0) is 12.2. The topological polar surface area (TPSA) is 50.3 Å². The van der Waals surface area contributed by atoms with Crippen LogP contribution < -0.4 is 0 Å². The Bertz CT molecular complexity index is 422. The zero-order valence-electron chi connectivity index (χ0n) is 9.30. The molecule has 1 atom stereocenters. The van der Waals surface area contributed by atoms with Gasteiger partial charge in [0.15, 0.2) is 0 Å². The van der Waals surface area contributed by atoms with Crippen molar-refractivity contribution >= 4 is 21.6 Å². The van der Waals surface area contributed by atoms with Gasteiger partial charge in [-0.2, -0.15) is 4.31 Å². The molecule has 0 spiro atoms. The number of alkyl halides is 1. The number of aromatic nitrogens is 1. The van der Waals surface area contributed by atoms with Gasteiger partial charge in [0.1, 0.15) is 0 Å². The van der Waals surface area contributed by atoms with Gasteiger partial charge in [-0.25, -0.2) is 8.42 Å². The van der Waals surface area contributed by atoms with E-state index >= 15 is 0 Å². The molecule has 0 N–H and O–H groups in total. The third-order valence-corrected chi connectivity index (χ3v) is 5.10. The van der Waals surface area contributed by atoms with E-state index in [0.717, 1.165) is 5.69 Å². The Hall–Kier alpha value is -0.650. The van der Waals surface area contributed by atoms with Gasteiger partial charge in [-0.3, -0.25) is 4.98 Å². The highest BCUT2D eigenvalue weighted by Gasteiger charge is 2.25. The van der Waals surface area contributed by atoms with Gasteiger partial charge >= 0.3 is 0 Å². The van der Waals surface area contributed by atoms with Gasteiger partial charge in [-0.1, -0.05) is 6.07 Å². The minimum Gasteiger partial charge on any atom is -0.260 e. The second-order valence-electron chi connectivity index (χ2n) is 3.59. The van der Waals surface area contributed by atoms with Crippen molar-refractivity contribution < 1.29 is 8.42 Å². The van der Waals surface area contributed by atoms with Crippen LogP contribution in [0.3, 0.4) is 0 Å². The summed E-state index contributed by atoms with van der Waals surface area (Å²) in [6.45, 7) is 1.86. The second kappa shape index (κ2) is 5.61. The minimum absolute atomic E-state index is 0.0922. The van der Waals surface area contributed by atoms with E-state index in [1.54, 1.807) is 25.3 Å². The van der Waals surface area contributed by atoms with Crippen LogP contribution in [-0.2, 0) is 16.6 Å². The first-order valence-electron chi connectivity index (χ1n) is 4.89. The number of hydrogen-bond donors (Lipinski definition) is 0. The lowest BCUT2D eigenvalue weighted by Crippen LogP contribution is -2.35. The molecule has 1 heterocycles. The monoisotopic (exact) mass is 262 g/mol. The predicted octanol–water partition coefficient (Wildman–Crippen LogP) is 1.47. The molecule has 1 aromatic heterocycles. The molecule has 0 aliphatic heterocycles. The third kappa shape index (κ3) is 3.17. The molecule has 1 unspecified atom stereocenters. The summed E-state index contributed by atoms with van der Waals surface area (Å²) < 4.78 is 25.0. The molecule has 4 nitrogen and oxygen atoms in total. The first-order chi connectivity index (χ1) is 7.48. The van der Waals surface area contributed by atoms with E-state index < -0.39 is 15.3 Å². The standard InChI is InChI=1S/C10H15ClN2O2S/c1-9(7-11)16(14,15)13(2)8-10-5-3-4-6-12-10/h3-6,9H,7-8H2,1-2H3. The summed E-state index contributed by atoms with van der Waals surface area (Å²) >= 11 is 5.56. The van der Waals surface area contributed by atoms with Gasteiger partial charge in [-0.15, -0.1) is 11.6 Å². The molecule has 0 radical (unpaired) electrons. The van der Waals surface area contributed by atoms with Crippen LogP contribution in [0.15, 0.2) is 24.4 Å². The van der Waals surface area contributed by atoms with E-state index in [1.807, 2.05) is 6.07 Å². The van der Waals surface area contributed by atoms with Crippen LogP contribution >= 0.6 is 11.6 Å². The van der Waals surface area contributed by atoms with E-state index in [-0.39, 0.29) is 12.4 Å². The fourth-order valence-electron chi connectivity index (χ4n) is 1.20. The SMILES string of the molecule is CC(CCl)S(=O)(=O)N(C)Cc1ccccn1. The fraction of sp³-hybridized carbons (Fsp3) is 0.500. The van der Waals surface area contributed by atoms with Crippen LogP contribution in [-0.4, -0.2) is 35.9 Å². The Kier molecular flexibility index (Phi) is 4.70. The van der Waals surface area contributed by atoms with Crippen molar-refractivity contribution in [3.05, 3.63) is 30.1 Å². The van der Waals surface area contributed by atoms with Crippen LogP contribution in [0.5, 0.6) is 0 Å². The summed E-state index contributed by atoms with van der Waals surface area (Å²) in [6.07, 6.45) is 1.64. The van der Waals surface area contributed by atoms with E-state index in [1.165, 1.54) is 11.4 Å². The van der Waals surface area contributed by atoms with Crippen molar-refractivity contribution in [1.29, 1.82) is 0 Å². The lowest BCUT2D eigenvalue weighted by Gasteiger charge is -2.20. The smallest absolute Gasteiger partial charge is 0.217 e. The number of halogens is 1. The molecule has 1 aromatic rings. The van der Waals surface area contributed by atoms with Crippen LogP contribution in [0.2, 0.25) is 0 Å².